The minimum absolute atomic E-state index is 0.0983. The number of aromatic nitrogens is 4. The molecular formula is C18H22N6O2. The van der Waals surface area contributed by atoms with Crippen LogP contribution in [0.1, 0.15) is 24.4 Å². The fraction of sp³-hybridized carbons (Fsp3) is 0.333. The molecule has 1 amide bonds. The van der Waals surface area contributed by atoms with Crippen LogP contribution in [0.4, 0.5) is 0 Å². The van der Waals surface area contributed by atoms with Crippen molar-refractivity contribution in [3.63, 3.8) is 0 Å². The SMILES string of the molecule is CCN(Cc1nc2ccccc2c(=O)[nH]1)C(=O)C(NC)c1cnn(C)c1. The molecule has 0 saturated carbocycles. The van der Waals surface area contributed by atoms with E-state index in [-0.39, 0.29) is 18.0 Å². The number of aromatic amines is 1. The van der Waals surface area contributed by atoms with E-state index in [1.165, 1.54) is 0 Å². The molecule has 2 heterocycles. The lowest BCUT2D eigenvalue weighted by molar-refractivity contribution is -0.134. The van der Waals surface area contributed by atoms with E-state index in [0.29, 0.717) is 23.3 Å². The fourth-order valence-electron chi connectivity index (χ4n) is 2.94. The third kappa shape index (κ3) is 3.50. The average Bonchev–Trinajstić information content (AvgIpc) is 3.06. The first kappa shape index (κ1) is 17.8. The number of hydrogen-bond acceptors (Lipinski definition) is 5. The van der Waals surface area contributed by atoms with Crippen molar-refractivity contribution in [1.82, 2.24) is 30.0 Å². The van der Waals surface area contributed by atoms with Crippen LogP contribution < -0.4 is 10.9 Å². The third-order valence-corrected chi connectivity index (χ3v) is 4.29. The number of amides is 1. The summed E-state index contributed by atoms with van der Waals surface area (Å²) >= 11 is 0. The molecule has 3 rings (SSSR count). The Balaban J connectivity index is 1.87. The van der Waals surface area contributed by atoms with Gasteiger partial charge in [0, 0.05) is 25.4 Å². The largest absolute Gasteiger partial charge is 0.334 e. The van der Waals surface area contributed by atoms with E-state index in [1.807, 2.05) is 26.2 Å². The van der Waals surface area contributed by atoms with Crippen molar-refractivity contribution in [2.75, 3.05) is 13.6 Å². The van der Waals surface area contributed by atoms with Gasteiger partial charge in [-0.3, -0.25) is 14.3 Å². The number of rotatable bonds is 6. The van der Waals surface area contributed by atoms with Gasteiger partial charge in [0.2, 0.25) is 5.91 Å². The van der Waals surface area contributed by atoms with Gasteiger partial charge in [0.05, 0.1) is 23.6 Å². The van der Waals surface area contributed by atoms with Gasteiger partial charge in [-0.05, 0) is 26.1 Å². The van der Waals surface area contributed by atoms with Crippen molar-refractivity contribution in [1.29, 1.82) is 0 Å². The van der Waals surface area contributed by atoms with Gasteiger partial charge < -0.3 is 15.2 Å². The normalized spacial score (nSPS) is 12.3. The zero-order valence-corrected chi connectivity index (χ0v) is 15.1. The standard InChI is InChI=1S/C18H22N6O2/c1-4-24(18(26)16(19-2)12-9-20-23(3)10-12)11-15-21-14-8-6-5-7-13(14)17(25)22-15/h5-10,16,19H,4,11H2,1-3H3,(H,21,22,25). The minimum atomic E-state index is -0.504. The van der Waals surface area contributed by atoms with E-state index in [0.717, 1.165) is 5.56 Å². The summed E-state index contributed by atoms with van der Waals surface area (Å²) in [6, 6.07) is 6.65. The molecule has 26 heavy (non-hydrogen) atoms. The van der Waals surface area contributed by atoms with Crippen molar-refractivity contribution in [2.24, 2.45) is 7.05 Å². The van der Waals surface area contributed by atoms with Gasteiger partial charge in [0.15, 0.2) is 0 Å². The maximum atomic E-state index is 13.0. The average molecular weight is 354 g/mol. The van der Waals surface area contributed by atoms with Crippen molar-refractivity contribution >= 4 is 16.8 Å². The van der Waals surface area contributed by atoms with Crippen LogP contribution in [0.3, 0.4) is 0 Å². The molecule has 1 atom stereocenters. The Bertz CT molecular complexity index is 977. The van der Waals surface area contributed by atoms with Crippen LogP contribution in [-0.4, -0.2) is 44.1 Å². The Morgan fingerprint density at radius 2 is 2.15 bits per heavy atom. The number of nitrogens with zero attached hydrogens (tertiary/aromatic N) is 4. The molecule has 8 heteroatoms. The van der Waals surface area contributed by atoms with Crippen molar-refractivity contribution in [3.05, 3.63) is 58.4 Å². The van der Waals surface area contributed by atoms with Gasteiger partial charge in [-0.1, -0.05) is 12.1 Å². The molecule has 136 valence electrons. The molecular weight excluding hydrogens is 332 g/mol. The summed E-state index contributed by atoms with van der Waals surface area (Å²) in [7, 11) is 3.54. The van der Waals surface area contributed by atoms with Gasteiger partial charge in [-0.25, -0.2) is 4.98 Å². The molecule has 1 aromatic carbocycles. The number of benzene rings is 1. The first-order valence-electron chi connectivity index (χ1n) is 8.46. The summed E-state index contributed by atoms with van der Waals surface area (Å²) in [5.74, 6) is 0.365. The number of aryl methyl sites for hydroxylation is 1. The number of para-hydroxylation sites is 1. The first-order valence-corrected chi connectivity index (χ1v) is 8.46. The zero-order valence-electron chi connectivity index (χ0n) is 15.1. The summed E-state index contributed by atoms with van der Waals surface area (Å²) in [5, 5.41) is 7.70. The van der Waals surface area contributed by atoms with Crippen LogP contribution in [0.15, 0.2) is 41.5 Å². The topological polar surface area (TPSA) is 95.9 Å². The monoisotopic (exact) mass is 354 g/mol. The number of carbonyl (C=O) groups excluding carboxylic acids is 1. The number of likely N-dealkylation sites (N-methyl/N-ethyl adjacent to an activating group) is 2. The summed E-state index contributed by atoms with van der Waals surface area (Å²) in [5.41, 5.74) is 1.21. The van der Waals surface area contributed by atoms with E-state index < -0.39 is 6.04 Å². The van der Waals surface area contributed by atoms with E-state index >= 15 is 0 Å². The van der Waals surface area contributed by atoms with Crippen LogP contribution in [0.5, 0.6) is 0 Å². The smallest absolute Gasteiger partial charge is 0.258 e. The second-order valence-electron chi connectivity index (χ2n) is 6.05. The molecule has 0 bridgehead atoms. The molecule has 0 aliphatic rings. The third-order valence-electron chi connectivity index (χ3n) is 4.29. The molecule has 0 aliphatic carbocycles. The number of carbonyl (C=O) groups is 1. The molecule has 2 N–H and O–H groups in total. The van der Waals surface area contributed by atoms with Crippen molar-refractivity contribution in [2.45, 2.75) is 19.5 Å². The molecule has 0 aliphatic heterocycles. The summed E-state index contributed by atoms with van der Waals surface area (Å²) in [6.45, 7) is 2.62. The van der Waals surface area contributed by atoms with Crippen molar-refractivity contribution in [3.8, 4) is 0 Å². The number of H-pyrrole nitrogens is 1. The zero-order chi connectivity index (χ0) is 18.7. The lowest BCUT2D eigenvalue weighted by atomic mass is 10.1. The molecule has 3 aromatic rings. The van der Waals surface area contributed by atoms with Gasteiger partial charge in [0.25, 0.3) is 5.56 Å². The first-order chi connectivity index (χ1) is 12.5. The van der Waals surface area contributed by atoms with Gasteiger partial charge in [0.1, 0.15) is 11.9 Å². The Labute approximate surface area is 150 Å². The maximum absolute atomic E-state index is 13.0. The molecule has 0 saturated heterocycles. The lowest BCUT2D eigenvalue weighted by Gasteiger charge is -2.25. The van der Waals surface area contributed by atoms with Gasteiger partial charge in [-0.15, -0.1) is 0 Å². The molecule has 2 aromatic heterocycles. The fourth-order valence-corrected chi connectivity index (χ4v) is 2.94. The van der Waals surface area contributed by atoms with E-state index in [4.69, 9.17) is 0 Å². The van der Waals surface area contributed by atoms with Crippen LogP contribution in [-0.2, 0) is 18.4 Å². The number of nitrogens with one attached hydrogen (secondary N) is 2. The minimum Gasteiger partial charge on any atom is -0.334 e. The molecule has 0 fully saturated rings. The highest BCUT2D eigenvalue weighted by atomic mass is 16.2. The van der Waals surface area contributed by atoms with Crippen LogP contribution in [0.25, 0.3) is 10.9 Å². The second-order valence-corrected chi connectivity index (χ2v) is 6.05. The second kappa shape index (κ2) is 7.49. The van der Waals surface area contributed by atoms with Crippen LogP contribution >= 0.6 is 0 Å². The Morgan fingerprint density at radius 1 is 1.38 bits per heavy atom. The van der Waals surface area contributed by atoms with E-state index in [9.17, 15) is 9.59 Å². The Hall–Kier alpha value is -3.00. The highest BCUT2D eigenvalue weighted by molar-refractivity contribution is 5.83. The highest BCUT2D eigenvalue weighted by Gasteiger charge is 2.25. The van der Waals surface area contributed by atoms with Crippen LogP contribution in [0.2, 0.25) is 0 Å². The molecule has 1 unspecified atom stereocenters. The summed E-state index contributed by atoms with van der Waals surface area (Å²) in [6.07, 6.45) is 3.48. The number of fused-ring (bicyclic) bond motifs is 1. The lowest BCUT2D eigenvalue weighted by Crippen LogP contribution is -2.40. The summed E-state index contributed by atoms with van der Waals surface area (Å²) in [4.78, 5) is 34.1. The van der Waals surface area contributed by atoms with Gasteiger partial charge >= 0.3 is 0 Å². The summed E-state index contributed by atoms with van der Waals surface area (Å²) < 4.78 is 1.66. The molecule has 8 nitrogen and oxygen atoms in total. The van der Waals surface area contributed by atoms with Crippen LogP contribution in [0, 0.1) is 0 Å². The number of hydrogen-bond donors (Lipinski definition) is 2. The Kier molecular flexibility index (Phi) is 5.13. The quantitative estimate of drug-likeness (QED) is 0.688. The highest BCUT2D eigenvalue weighted by Crippen LogP contribution is 2.16. The molecule has 0 spiro atoms. The van der Waals surface area contributed by atoms with E-state index in [2.05, 4.69) is 20.4 Å². The maximum Gasteiger partial charge on any atom is 0.258 e. The predicted octanol–water partition coefficient (Wildman–Crippen LogP) is 0.966. The molecule has 0 radical (unpaired) electrons. The Morgan fingerprint density at radius 3 is 2.81 bits per heavy atom. The predicted molar refractivity (Wildman–Crippen MR) is 98.5 cm³/mol. The van der Waals surface area contributed by atoms with Crippen molar-refractivity contribution < 1.29 is 4.79 Å². The van der Waals surface area contributed by atoms with E-state index in [1.54, 1.807) is 41.0 Å². The van der Waals surface area contributed by atoms with Gasteiger partial charge in [-0.2, -0.15) is 5.10 Å².